The van der Waals surface area contributed by atoms with Gasteiger partial charge in [0.25, 0.3) is 11.3 Å². The van der Waals surface area contributed by atoms with E-state index >= 15 is 0 Å². The van der Waals surface area contributed by atoms with Gasteiger partial charge in [0.2, 0.25) is 0 Å². The van der Waals surface area contributed by atoms with Gasteiger partial charge in [-0.15, -0.1) is 10.2 Å². The van der Waals surface area contributed by atoms with Gasteiger partial charge in [-0.3, -0.25) is 9.82 Å². The SMILES string of the molecule is CCCCCCCCCCCCOc1ccc(OS(=O)NC(C)c2nnc3cc(C(C)(C)C)[nH]n23)cc1NS(=O)Oc1ccc(Cl)cc1. The van der Waals surface area contributed by atoms with Gasteiger partial charge in [0.15, 0.2) is 11.5 Å². The number of hydrogen-bond acceptors (Lipinski definition) is 7. The van der Waals surface area contributed by atoms with Crippen molar-refractivity contribution in [3.05, 3.63) is 65.1 Å². The second kappa shape index (κ2) is 18.6. The lowest BCUT2D eigenvalue weighted by molar-refractivity contribution is 0.305. The molecule has 0 aliphatic rings. The van der Waals surface area contributed by atoms with E-state index in [0.29, 0.717) is 40.3 Å². The number of halogens is 1. The van der Waals surface area contributed by atoms with Gasteiger partial charge in [-0.25, -0.2) is 4.52 Å². The van der Waals surface area contributed by atoms with Crippen LogP contribution in [0.15, 0.2) is 48.5 Å². The lowest BCUT2D eigenvalue weighted by atomic mass is 9.93. The van der Waals surface area contributed by atoms with Crippen LogP contribution in [0.3, 0.4) is 0 Å². The van der Waals surface area contributed by atoms with Gasteiger partial charge < -0.3 is 13.1 Å². The monoisotopic (exact) mass is 720 g/mol. The number of aromatic amines is 1. The van der Waals surface area contributed by atoms with Crippen LogP contribution >= 0.6 is 11.6 Å². The Labute approximate surface area is 294 Å². The molecular formula is C34H49ClN6O5S2. The van der Waals surface area contributed by atoms with Crippen molar-refractivity contribution in [1.29, 1.82) is 0 Å². The molecule has 48 heavy (non-hydrogen) atoms. The van der Waals surface area contributed by atoms with Crippen molar-refractivity contribution in [2.24, 2.45) is 0 Å². The minimum Gasteiger partial charge on any atom is -0.491 e. The third-order valence-electron chi connectivity index (χ3n) is 7.74. The van der Waals surface area contributed by atoms with Crippen molar-refractivity contribution in [2.75, 3.05) is 11.3 Å². The molecule has 11 nitrogen and oxygen atoms in total. The number of nitrogens with one attached hydrogen (secondary N) is 3. The number of hydrogen-bond donors (Lipinski definition) is 3. The van der Waals surface area contributed by atoms with E-state index in [4.69, 9.17) is 24.7 Å². The van der Waals surface area contributed by atoms with Gasteiger partial charge in [-0.1, -0.05) is 97.1 Å². The van der Waals surface area contributed by atoms with Crippen LogP contribution in [0.5, 0.6) is 17.2 Å². The highest BCUT2D eigenvalue weighted by Crippen LogP contribution is 2.31. The summed E-state index contributed by atoms with van der Waals surface area (Å²) >= 11 is 2.05. The summed E-state index contributed by atoms with van der Waals surface area (Å²) in [7, 11) is 0. The van der Waals surface area contributed by atoms with E-state index in [1.165, 1.54) is 51.4 Å². The van der Waals surface area contributed by atoms with Gasteiger partial charge >= 0.3 is 11.3 Å². The summed E-state index contributed by atoms with van der Waals surface area (Å²) in [5.74, 6) is 1.69. The zero-order valence-electron chi connectivity index (χ0n) is 28.6. The van der Waals surface area contributed by atoms with E-state index in [9.17, 15) is 8.42 Å². The average molecular weight is 721 g/mol. The van der Waals surface area contributed by atoms with Crippen LogP contribution in [0, 0.1) is 0 Å². The number of unbranched alkanes of at least 4 members (excludes halogenated alkanes) is 9. The minimum absolute atomic E-state index is 0.0983. The Morgan fingerprint density at radius 1 is 0.854 bits per heavy atom. The Morgan fingerprint density at radius 3 is 2.15 bits per heavy atom. The van der Waals surface area contributed by atoms with E-state index in [2.05, 4.69) is 52.4 Å². The third kappa shape index (κ3) is 11.8. The molecule has 4 aromatic rings. The highest BCUT2D eigenvalue weighted by Gasteiger charge is 2.22. The van der Waals surface area contributed by atoms with E-state index < -0.39 is 28.6 Å². The summed E-state index contributed by atoms with van der Waals surface area (Å²) < 4.78 is 50.8. The zero-order valence-corrected chi connectivity index (χ0v) is 30.9. The highest BCUT2D eigenvalue weighted by atomic mass is 35.5. The van der Waals surface area contributed by atoms with Crippen LogP contribution in [0.1, 0.15) is 116 Å². The molecule has 2 aromatic carbocycles. The zero-order chi connectivity index (χ0) is 34.5. The number of H-pyrrole nitrogens is 1. The maximum Gasteiger partial charge on any atom is 0.316 e. The molecule has 2 heterocycles. The van der Waals surface area contributed by atoms with Crippen molar-refractivity contribution >= 4 is 45.5 Å². The van der Waals surface area contributed by atoms with Crippen LogP contribution in [-0.4, -0.2) is 34.8 Å². The molecule has 0 fully saturated rings. The van der Waals surface area contributed by atoms with E-state index in [-0.39, 0.29) is 11.2 Å². The number of benzene rings is 2. The first-order valence-corrected chi connectivity index (χ1v) is 19.3. The normalized spacial score (nSPS) is 13.7. The number of anilines is 1. The van der Waals surface area contributed by atoms with Crippen molar-refractivity contribution < 1.29 is 21.5 Å². The Kier molecular flexibility index (Phi) is 14.6. The number of aromatic nitrogens is 4. The lowest BCUT2D eigenvalue weighted by Crippen LogP contribution is -2.26. The predicted octanol–water partition coefficient (Wildman–Crippen LogP) is 8.69. The summed E-state index contributed by atoms with van der Waals surface area (Å²) in [6.45, 7) is 10.9. The van der Waals surface area contributed by atoms with Gasteiger partial charge in [0.05, 0.1) is 18.3 Å². The number of rotatable bonds is 21. The fourth-order valence-corrected chi connectivity index (χ4v) is 6.51. The highest BCUT2D eigenvalue weighted by molar-refractivity contribution is 7.82. The van der Waals surface area contributed by atoms with Gasteiger partial charge in [0.1, 0.15) is 17.2 Å². The summed E-state index contributed by atoms with van der Waals surface area (Å²) in [5.41, 5.74) is 1.95. The molecule has 4 rings (SSSR count). The van der Waals surface area contributed by atoms with Gasteiger partial charge in [-0.05, 0) is 49.7 Å². The van der Waals surface area contributed by atoms with Crippen LogP contribution in [-0.2, 0) is 27.9 Å². The van der Waals surface area contributed by atoms with Crippen LogP contribution in [0.25, 0.3) is 5.65 Å². The third-order valence-corrected chi connectivity index (χ3v) is 9.62. The second-order valence-corrected chi connectivity index (χ2v) is 15.0. The Bertz CT molecular complexity index is 1620. The standard InChI is InChI=1S/C34H49ClN6O5S2/c1-6-7-8-9-10-11-12-13-14-15-22-44-30-21-20-28(23-29(30)40-48(43)45-27-18-16-26(35)17-19-27)46-47(42)39-25(2)33-37-36-32-24-31(34(3,4)5)38-41(32)33/h16-21,23-25,38-40H,6-15,22H2,1-5H3. The van der Waals surface area contributed by atoms with Crippen LogP contribution in [0.4, 0.5) is 5.69 Å². The van der Waals surface area contributed by atoms with Gasteiger partial charge in [0, 0.05) is 28.3 Å². The summed E-state index contributed by atoms with van der Waals surface area (Å²) in [5, 5.41) is 12.4. The molecule has 264 valence electrons. The van der Waals surface area contributed by atoms with Crippen LogP contribution < -0.4 is 22.5 Å². The molecular weight excluding hydrogens is 672 g/mol. The molecule has 14 heteroatoms. The molecule has 0 saturated heterocycles. The smallest absolute Gasteiger partial charge is 0.316 e. The fraction of sp³-hybridized carbons (Fsp3) is 0.529. The Hall–Kier alpha value is -3.13. The lowest BCUT2D eigenvalue weighted by Gasteiger charge is -2.16. The Balaban J connectivity index is 1.35. The molecule has 0 spiro atoms. The molecule has 0 aliphatic carbocycles. The molecule has 3 N–H and O–H groups in total. The van der Waals surface area contributed by atoms with Crippen molar-refractivity contribution in [3.8, 4) is 17.2 Å². The molecule has 0 saturated carbocycles. The number of ether oxygens (including phenoxy) is 1. The largest absolute Gasteiger partial charge is 0.491 e. The molecule has 0 bridgehead atoms. The molecule has 3 unspecified atom stereocenters. The van der Waals surface area contributed by atoms with Crippen molar-refractivity contribution in [3.63, 3.8) is 0 Å². The van der Waals surface area contributed by atoms with Gasteiger partial charge in [-0.2, -0.15) is 13.1 Å². The summed E-state index contributed by atoms with van der Waals surface area (Å²) in [6, 6.07) is 13.0. The Morgan fingerprint density at radius 2 is 1.48 bits per heavy atom. The minimum atomic E-state index is -1.97. The van der Waals surface area contributed by atoms with Crippen molar-refractivity contribution in [2.45, 2.75) is 110 Å². The maximum atomic E-state index is 13.1. The molecule has 0 radical (unpaired) electrons. The van der Waals surface area contributed by atoms with Crippen LogP contribution in [0.2, 0.25) is 5.02 Å². The molecule has 2 aromatic heterocycles. The molecule has 0 aliphatic heterocycles. The average Bonchev–Trinajstić information content (AvgIpc) is 3.64. The first-order chi connectivity index (χ1) is 23.0. The van der Waals surface area contributed by atoms with E-state index in [1.54, 1.807) is 47.0 Å². The quantitative estimate of drug-likeness (QED) is 0.0734. The summed E-state index contributed by atoms with van der Waals surface area (Å²) in [6.07, 6.45) is 12.2. The summed E-state index contributed by atoms with van der Waals surface area (Å²) in [4.78, 5) is 0. The first-order valence-electron chi connectivity index (χ1n) is 16.7. The second-order valence-electron chi connectivity index (χ2n) is 12.9. The number of nitrogens with zero attached hydrogens (tertiary/aromatic N) is 3. The molecule has 0 amide bonds. The fourth-order valence-electron chi connectivity index (χ4n) is 5.00. The van der Waals surface area contributed by atoms with Crippen molar-refractivity contribution in [1.82, 2.24) is 24.5 Å². The topological polar surface area (TPSA) is 132 Å². The van der Waals surface area contributed by atoms with E-state index in [1.807, 2.05) is 13.0 Å². The maximum absolute atomic E-state index is 13.1. The predicted molar refractivity (Wildman–Crippen MR) is 194 cm³/mol. The molecule has 3 atom stereocenters. The number of fused-ring (bicyclic) bond motifs is 1. The van der Waals surface area contributed by atoms with E-state index in [0.717, 1.165) is 18.5 Å². The first kappa shape index (κ1) is 37.7.